The third-order valence-corrected chi connectivity index (χ3v) is 2.78. The van der Waals surface area contributed by atoms with Crippen LogP contribution in [0.2, 0.25) is 0 Å². The molecule has 0 saturated carbocycles. The molecule has 1 aromatic carbocycles. The highest BCUT2D eigenvalue weighted by atomic mass is 16.6. The van der Waals surface area contributed by atoms with Crippen molar-refractivity contribution < 1.29 is 9.34 Å². The lowest BCUT2D eigenvalue weighted by Crippen LogP contribution is -2.13. The van der Waals surface area contributed by atoms with Crippen LogP contribution < -0.4 is 5.69 Å². The topological polar surface area (TPSA) is 119 Å². The molecule has 0 amide bonds. The standard InChI is InChI=1S/C13H9N5O4/c19-13-16-15-12(9-4-2-1-3-5-9)17(13)14-8-10-6-7-11(22-10)18(20)21/h1-8H,(H,16,19)/b14-8+. The van der Waals surface area contributed by atoms with Crippen molar-refractivity contribution in [2.24, 2.45) is 5.10 Å². The Kier molecular flexibility index (Phi) is 3.36. The Bertz CT molecular complexity index is 891. The van der Waals surface area contributed by atoms with Crippen LogP contribution in [0.15, 0.2) is 56.8 Å². The van der Waals surface area contributed by atoms with Crippen molar-refractivity contribution in [1.82, 2.24) is 14.9 Å². The zero-order valence-corrected chi connectivity index (χ0v) is 11.0. The summed E-state index contributed by atoms with van der Waals surface area (Å²) in [6.45, 7) is 0. The second-order valence-electron chi connectivity index (χ2n) is 4.21. The van der Waals surface area contributed by atoms with Gasteiger partial charge in [-0.3, -0.25) is 10.1 Å². The minimum Gasteiger partial charge on any atom is -0.400 e. The number of nitrogens with zero attached hydrogens (tertiary/aromatic N) is 4. The van der Waals surface area contributed by atoms with Gasteiger partial charge in [-0.25, -0.2) is 9.89 Å². The molecule has 0 spiro atoms. The third-order valence-electron chi connectivity index (χ3n) is 2.78. The number of hydrogen-bond acceptors (Lipinski definition) is 6. The lowest BCUT2D eigenvalue weighted by Gasteiger charge is -1.98. The molecule has 0 radical (unpaired) electrons. The Hall–Kier alpha value is -3.49. The van der Waals surface area contributed by atoms with E-state index in [0.29, 0.717) is 11.4 Å². The Morgan fingerprint density at radius 1 is 1.27 bits per heavy atom. The van der Waals surface area contributed by atoms with E-state index in [9.17, 15) is 14.9 Å². The minimum atomic E-state index is -0.656. The summed E-state index contributed by atoms with van der Waals surface area (Å²) in [6.07, 6.45) is 1.20. The quantitative estimate of drug-likeness (QED) is 0.446. The van der Waals surface area contributed by atoms with Crippen molar-refractivity contribution in [2.45, 2.75) is 0 Å². The molecule has 9 heteroatoms. The zero-order chi connectivity index (χ0) is 15.5. The van der Waals surface area contributed by atoms with E-state index in [1.807, 2.05) is 6.07 Å². The number of nitrogens with one attached hydrogen (secondary N) is 1. The van der Waals surface area contributed by atoms with Gasteiger partial charge in [0.2, 0.25) is 0 Å². The summed E-state index contributed by atoms with van der Waals surface area (Å²) in [5.74, 6) is 0.0750. The second kappa shape index (κ2) is 5.48. The molecule has 0 fully saturated rings. The molecule has 0 bridgehead atoms. The second-order valence-corrected chi connectivity index (χ2v) is 4.21. The van der Waals surface area contributed by atoms with Crippen molar-refractivity contribution in [2.75, 3.05) is 0 Å². The number of H-pyrrole nitrogens is 1. The van der Waals surface area contributed by atoms with Gasteiger partial charge >= 0.3 is 11.6 Å². The Labute approximate surface area is 122 Å². The number of benzene rings is 1. The van der Waals surface area contributed by atoms with E-state index in [2.05, 4.69) is 15.3 Å². The summed E-state index contributed by atoms with van der Waals surface area (Å²) in [5, 5.41) is 20.7. The first-order valence-electron chi connectivity index (χ1n) is 6.16. The van der Waals surface area contributed by atoms with Crippen LogP contribution in [-0.4, -0.2) is 26.0 Å². The molecule has 2 heterocycles. The average molecular weight is 299 g/mol. The highest BCUT2D eigenvalue weighted by molar-refractivity contribution is 5.76. The molecular weight excluding hydrogens is 290 g/mol. The first-order valence-corrected chi connectivity index (χ1v) is 6.16. The molecular formula is C13H9N5O4. The molecule has 0 aliphatic carbocycles. The van der Waals surface area contributed by atoms with Crippen molar-refractivity contribution in [1.29, 1.82) is 0 Å². The lowest BCUT2D eigenvalue weighted by atomic mass is 10.2. The van der Waals surface area contributed by atoms with Crippen LogP contribution in [0.3, 0.4) is 0 Å². The number of rotatable bonds is 4. The van der Waals surface area contributed by atoms with Crippen LogP contribution in [0.5, 0.6) is 0 Å². The van der Waals surface area contributed by atoms with E-state index in [0.717, 1.165) is 4.68 Å². The SMILES string of the molecule is O=c1[nH]nc(-c2ccccc2)n1/N=C/c1ccc([N+](=O)[O-])o1. The summed E-state index contributed by atoms with van der Waals surface area (Å²) in [7, 11) is 0. The fraction of sp³-hybridized carbons (Fsp3) is 0. The largest absolute Gasteiger partial charge is 0.433 e. The molecule has 0 aliphatic heterocycles. The molecule has 0 unspecified atom stereocenters. The van der Waals surface area contributed by atoms with E-state index >= 15 is 0 Å². The highest BCUT2D eigenvalue weighted by Crippen LogP contribution is 2.15. The van der Waals surface area contributed by atoms with Crippen molar-refractivity contribution >= 4 is 12.1 Å². The smallest absolute Gasteiger partial charge is 0.400 e. The van der Waals surface area contributed by atoms with E-state index in [-0.39, 0.29) is 5.76 Å². The fourth-order valence-corrected chi connectivity index (χ4v) is 1.80. The maximum atomic E-state index is 11.7. The zero-order valence-electron chi connectivity index (χ0n) is 11.0. The summed E-state index contributed by atoms with van der Waals surface area (Å²) in [4.78, 5) is 21.6. The van der Waals surface area contributed by atoms with Gasteiger partial charge in [0.15, 0.2) is 11.6 Å². The predicted molar refractivity (Wildman–Crippen MR) is 76.6 cm³/mol. The van der Waals surface area contributed by atoms with E-state index in [1.54, 1.807) is 24.3 Å². The molecule has 1 N–H and O–H groups in total. The molecule has 0 saturated heterocycles. The molecule has 22 heavy (non-hydrogen) atoms. The Morgan fingerprint density at radius 2 is 2.05 bits per heavy atom. The van der Waals surface area contributed by atoms with Crippen LogP contribution in [0.1, 0.15) is 5.76 Å². The van der Waals surface area contributed by atoms with E-state index < -0.39 is 16.5 Å². The van der Waals surface area contributed by atoms with E-state index in [1.165, 1.54) is 18.3 Å². The normalized spacial score (nSPS) is 11.1. The molecule has 3 rings (SSSR count). The Balaban J connectivity index is 1.95. The summed E-state index contributed by atoms with van der Waals surface area (Å²) in [5.41, 5.74) is 0.166. The number of aromatic amines is 1. The minimum absolute atomic E-state index is 0.152. The molecule has 3 aromatic rings. The van der Waals surface area contributed by atoms with E-state index in [4.69, 9.17) is 4.42 Å². The third kappa shape index (κ3) is 2.54. The van der Waals surface area contributed by atoms with Crippen LogP contribution in [0.25, 0.3) is 11.4 Å². The van der Waals surface area contributed by atoms with Crippen molar-refractivity contribution in [3.8, 4) is 11.4 Å². The van der Waals surface area contributed by atoms with Gasteiger partial charge in [0.1, 0.15) is 4.92 Å². The first-order chi connectivity index (χ1) is 10.6. The van der Waals surface area contributed by atoms with Crippen LogP contribution in [-0.2, 0) is 0 Å². The predicted octanol–water partition coefficient (Wildman–Crippen LogP) is 1.62. The first kappa shape index (κ1) is 13.5. The lowest BCUT2D eigenvalue weighted by molar-refractivity contribution is -0.402. The van der Waals surface area contributed by atoms with Gasteiger partial charge in [0, 0.05) is 5.56 Å². The molecule has 110 valence electrons. The average Bonchev–Trinajstić information content (AvgIpc) is 3.13. The van der Waals surface area contributed by atoms with Gasteiger partial charge < -0.3 is 4.42 Å². The van der Waals surface area contributed by atoms with Gasteiger partial charge in [0.05, 0.1) is 12.3 Å². The molecule has 2 aromatic heterocycles. The number of furan rings is 1. The highest BCUT2D eigenvalue weighted by Gasteiger charge is 2.12. The number of nitro groups is 1. The van der Waals surface area contributed by atoms with Crippen LogP contribution in [0.4, 0.5) is 5.88 Å². The van der Waals surface area contributed by atoms with Gasteiger partial charge in [-0.2, -0.15) is 14.9 Å². The summed E-state index contributed by atoms with van der Waals surface area (Å²) < 4.78 is 5.98. The number of aromatic nitrogens is 3. The molecule has 0 aliphatic rings. The fourth-order valence-electron chi connectivity index (χ4n) is 1.80. The molecule has 9 nitrogen and oxygen atoms in total. The maximum Gasteiger partial charge on any atom is 0.433 e. The monoisotopic (exact) mass is 299 g/mol. The van der Waals surface area contributed by atoms with Gasteiger partial charge in [0.25, 0.3) is 0 Å². The van der Waals surface area contributed by atoms with Crippen LogP contribution in [0, 0.1) is 10.1 Å². The summed E-state index contributed by atoms with van der Waals surface area (Å²) >= 11 is 0. The molecule has 0 atom stereocenters. The van der Waals surface area contributed by atoms with Gasteiger partial charge in [-0.05, 0) is 6.07 Å². The van der Waals surface area contributed by atoms with Crippen LogP contribution >= 0.6 is 0 Å². The van der Waals surface area contributed by atoms with Gasteiger partial charge in [-0.1, -0.05) is 30.3 Å². The number of hydrogen-bond donors (Lipinski definition) is 1. The van der Waals surface area contributed by atoms with Crippen molar-refractivity contribution in [3.05, 3.63) is 68.8 Å². The maximum absolute atomic E-state index is 11.7. The Morgan fingerprint density at radius 3 is 2.73 bits per heavy atom. The summed E-state index contributed by atoms with van der Waals surface area (Å²) in [6, 6.07) is 11.6. The van der Waals surface area contributed by atoms with Gasteiger partial charge in [-0.15, -0.1) is 0 Å². The van der Waals surface area contributed by atoms with Crippen molar-refractivity contribution in [3.63, 3.8) is 0 Å².